The summed E-state index contributed by atoms with van der Waals surface area (Å²) in [5.41, 5.74) is 1.37. The quantitative estimate of drug-likeness (QED) is 0.257. The Morgan fingerprint density at radius 1 is 0.970 bits per heavy atom. The summed E-state index contributed by atoms with van der Waals surface area (Å²) < 4.78 is 42.0. The van der Waals surface area contributed by atoms with E-state index in [9.17, 15) is 28.5 Å². The summed E-state index contributed by atoms with van der Waals surface area (Å²) in [7, 11) is 0. The number of aliphatic hydroxyl groups excluding tert-OH is 3. The van der Waals surface area contributed by atoms with Gasteiger partial charge in [0.05, 0.1) is 6.10 Å². The number of aryl methyl sites for hydroxylation is 1. The highest BCUT2D eigenvalue weighted by molar-refractivity contribution is 5.29. The van der Waals surface area contributed by atoms with Crippen LogP contribution in [0, 0.1) is 0 Å². The van der Waals surface area contributed by atoms with Crippen LogP contribution in [0.3, 0.4) is 0 Å². The average molecular weight is 469 g/mol. The van der Waals surface area contributed by atoms with Crippen molar-refractivity contribution in [2.45, 2.75) is 95.6 Å². The minimum atomic E-state index is -3.24. The molecule has 0 heterocycles. The van der Waals surface area contributed by atoms with E-state index in [0.29, 0.717) is 37.7 Å². The van der Waals surface area contributed by atoms with Crippen molar-refractivity contribution in [3.8, 4) is 0 Å². The van der Waals surface area contributed by atoms with Gasteiger partial charge in [0.25, 0.3) is 5.92 Å². The SMILES string of the molecule is CCCCC(F)C(O)\C=C/C(=C\C=C/C(O)C(F)(F)CCCC)C(O)CCc1ccccc1. The van der Waals surface area contributed by atoms with Crippen LogP contribution in [0.5, 0.6) is 0 Å². The first-order valence-corrected chi connectivity index (χ1v) is 11.9. The fraction of sp³-hybridized carbons (Fsp3) is 0.556. The molecule has 3 N–H and O–H groups in total. The van der Waals surface area contributed by atoms with E-state index in [1.54, 1.807) is 6.92 Å². The molecule has 0 saturated carbocycles. The third-order valence-corrected chi connectivity index (χ3v) is 5.50. The molecule has 0 amide bonds. The highest BCUT2D eigenvalue weighted by atomic mass is 19.3. The van der Waals surface area contributed by atoms with E-state index in [4.69, 9.17) is 0 Å². The summed E-state index contributed by atoms with van der Waals surface area (Å²) in [6.45, 7) is 3.74. The van der Waals surface area contributed by atoms with Gasteiger partial charge in [-0.15, -0.1) is 0 Å². The molecule has 0 aromatic heterocycles. The van der Waals surface area contributed by atoms with Crippen molar-refractivity contribution in [1.29, 1.82) is 0 Å². The smallest absolute Gasteiger partial charge is 0.277 e. The molecule has 0 aliphatic heterocycles. The zero-order valence-corrected chi connectivity index (χ0v) is 19.7. The van der Waals surface area contributed by atoms with E-state index in [-0.39, 0.29) is 6.42 Å². The maximum Gasteiger partial charge on any atom is 0.277 e. The zero-order chi connectivity index (χ0) is 24.7. The second-order valence-electron chi connectivity index (χ2n) is 8.41. The average Bonchev–Trinajstić information content (AvgIpc) is 2.81. The van der Waals surface area contributed by atoms with Crippen LogP contribution < -0.4 is 0 Å². The van der Waals surface area contributed by atoms with Crippen LogP contribution in [0.25, 0.3) is 0 Å². The maximum atomic E-state index is 14.1. The molecule has 0 spiro atoms. The molecule has 0 fully saturated rings. The van der Waals surface area contributed by atoms with Gasteiger partial charge in [0.15, 0.2) is 0 Å². The van der Waals surface area contributed by atoms with Gasteiger partial charge in [0, 0.05) is 6.42 Å². The summed E-state index contributed by atoms with van der Waals surface area (Å²) in [5.74, 6) is -3.24. The number of allylic oxidation sites excluding steroid dienone is 2. The fourth-order valence-corrected chi connectivity index (χ4v) is 3.27. The Morgan fingerprint density at radius 2 is 1.64 bits per heavy atom. The van der Waals surface area contributed by atoms with Crippen molar-refractivity contribution >= 4 is 0 Å². The third kappa shape index (κ3) is 11.7. The minimum Gasteiger partial charge on any atom is -0.388 e. The third-order valence-electron chi connectivity index (χ3n) is 5.50. The molecule has 33 heavy (non-hydrogen) atoms. The molecule has 4 unspecified atom stereocenters. The molecule has 1 aromatic rings. The van der Waals surface area contributed by atoms with Crippen molar-refractivity contribution in [3.05, 3.63) is 71.8 Å². The number of benzene rings is 1. The molecule has 4 atom stereocenters. The molecule has 1 rings (SSSR count). The molecular formula is C27H39F3O3. The van der Waals surface area contributed by atoms with Gasteiger partial charge in [-0.25, -0.2) is 13.2 Å². The molecule has 186 valence electrons. The predicted molar refractivity (Wildman–Crippen MR) is 128 cm³/mol. The molecule has 0 bridgehead atoms. The second-order valence-corrected chi connectivity index (χ2v) is 8.41. The molecular weight excluding hydrogens is 429 g/mol. The van der Waals surface area contributed by atoms with E-state index >= 15 is 0 Å². The van der Waals surface area contributed by atoms with Gasteiger partial charge >= 0.3 is 0 Å². The Bertz CT molecular complexity index is 731. The fourth-order valence-electron chi connectivity index (χ4n) is 3.27. The highest BCUT2D eigenvalue weighted by Crippen LogP contribution is 2.26. The van der Waals surface area contributed by atoms with Gasteiger partial charge in [-0.1, -0.05) is 93.8 Å². The van der Waals surface area contributed by atoms with E-state index < -0.39 is 36.8 Å². The lowest BCUT2D eigenvalue weighted by Crippen LogP contribution is -2.31. The Hall–Kier alpha value is -1.89. The normalized spacial score (nSPS) is 16.9. The van der Waals surface area contributed by atoms with E-state index in [0.717, 1.165) is 18.1 Å². The molecule has 0 aliphatic carbocycles. The summed E-state index contributed by atoms with van der Waals surface area (Å²) >= 11 is 0. The minimum absolute atomic E-state index is 0.233. The van der Waals surface area contributed by atoms with Crippen molar-refractivity contribution < 1.29 is 28.5 Å². The maximum absolute atomic E-state index is 14.1. The molecule has 3 nitrogen and oxygen atoms in total. The topological polar surface area (TPSA) is 60.7 Å². The standard InChI is InChI=1S/C27H39F3O3/c1-3-5-14-23(28)25(32)19-17-22(24(31)18-16-21-11-8-7-9-12-21)13-10-15-26(33)27(29,30)20-6-4-2/h7-13,15,17,19,23-26,31-33H,3-6,14,16,18,20H2,1-2H3/b15-10-,19-17-,22-13+. The van der Waals surface area contributed by atoms with Crippen molar-refractivity contribution in [1.82, 2.24) is 0 Å². The molecule has 0 saturated heterocycles. The first-order valence-electron chi connectivity index (χ1n) is 11.9. The lowest BCUT2D eigenvalue weighted by molar-refractivity contribution is -0.0928. The van der Waals surface area contributed by atoms with Gasteiger partial charge in [-0.05, 0) is 36.8 Å². The Balaban J connectivity index is 2.93. The van der Waals surface area contributed by atoms with E-state index in [1.165, 1.54) is 24.3 Å². The molecule has 0 aliphatic rings. The number of hydrogen-bond donors (Lipinski definition) is 3. The van der Waals surface area contributed by atoms with Crippen LogP contribution in [-0.4, -0.2) is 45.7 Å². The predicted octanol–water partition coefficient (Wildman–Crippen LogP) is 6.09. The summed E-state index contributed by atoms with van der Waals surface area (Å²) in [5, 5.41) is 30.6. The molecule has 0 radical (unpaired) electrons. The monoisotopic (exact) mass is 468 g/mol. The van der Waals surface area contributed by atoms with Gasteiger partial charge in [0.1, 0.15) is 18.4 Å². The molecule has 6 heteroatoms. The first kappa shape index (κ1) is 29.1. The van der Waals surface area contributed by atoms with Crippen molar-refractivity contribution in [2.75, 3.05) is 0 Å². The molecule has 1 aromatic carbocycles. The number of unbranched alkanes of at least 4 members (excludes halogenated alkanes) is 2. The lowest BCUT2D eigenvalue weighted by atomic mass is 9.99. The van der Waals surface area contributed by atoms with Gasteiger partial charge in [-0.2, -0.15) is 0 Å². The Labute approximate surface area is 196 Å². The van der Waals surface area contributed by atoms with Gasteiger partial charge < -0.3 is 15.3 Å². The lowest BCUT2D eigenvalue weighted by Gasteiger charge is -2.19. The van der Waals surface area contributed by atoms with Crippen molar-refractivity contribution in [3.63, 3.8) is 0 Å². The van der Waals surface area contributed by atoms with Gasteiger partial charge in [-0.3, -0.25) is 0 Å². The van der Waals surface area contributed by atoms with Gasteiger partial charge in [0.2, 0.25) is 0 Å². The van der Waals surface area contributed by atoms with E-state index in [2.05, 4.69) is 0 Å². The van der Waals surface area contributed by atoms with Crippen LogP contribution in [0.1, 0.15) is 64.4 Å². The summed E-state index contributed by atoms with van der Waals surface area (Å²) in [6.07, 6.45) is 3.87. The number of aliphatic hydroxyl groups is 3. The van der Waals surface area contributed by atoms with Crippen LogP contribution in [-0.2, 0) is 6.42 Å². The number of halogens is 3. The number of rotatable bonds is 16. The Kier molecular flexibility index (Phi) is 14.0. The van der Waals surface area contributed by atoms with E-state index in [1.807, 2.05) is 37.3 Å². The largest absolute Gasteiger partial charge is 0.388 e. The highest BCUT2D eigenvalue weighted by Gasteiger charge is 2.35. The number of alkyl halides is 3. The van der Waals surface area contributed by atoms with Crippen LogP contribution in [0.2, 0.25) is 0 Å². The zero-order valence-electron chi connectivity index (χ0n) is 19.7. The first-order chi connectivity index (χ1) is 15.7. The van der Waals surface area contributed by atoms with Crippen LogP contribution >= 0.6 is 0 Å². The number of hydrogen-bond acceptors (Lipinski definition) is 3. The van der Waals surface area contributed by atoms with Crippen LogP contribution in [0.15, 0.2) is 66.3 Å². The summed E-state index contributed by atoms with van der Waals surface area (Å²) in [4.78, 5) is 0. The van der Waals surface area contributed by atoms with Crippen molar-refractivity contribution in [2.24, 2.45) is 0 Å². The van der Waals surface area contributed by atoms with Crippen LogP contribution in [0.4, 0.5) is 13.2 Å². The summed E-state index contributed by atoms with van der Waals surface area (Å²) in [6, 6.07) is 9.57. The Morgan fingerprint density at radius 3 is 2.27 bits per heavy atom. The second kappa shape index (κ2) is 15.9.